The second-order valence-electron chi connectivity index (χ2n) is 6.13. The van der Waals surface area contributed by atoms with Crippen LogP contribution in [-0.4, -0.2) is 38.3 Å². The molecule has 0 aliphatic heterocycles. The fraction of sp³-hybridized carbons (Fsp3) is 0.316. The van der Waals surface area contributed by atoms with Crippen molar-refractivity contribution < 1.29 is 24.5 Å². The van der Waals surface area contributed by atoms with E-state index < -0.39 is 11.9 Å². The molecule has 2 rings (SSSR count). The van der Waals surface area contributed by atoms with Gasteiger partial charge in [0, 0.05) is 18.8 Å². The summed E-state index contributed by atoms with van der Waals surface area (Å²) in [5.74, 6) is -2.13. The minimum Gasteiger partial charge on any atom is -0.492 e. The highest BCUT2D eigenvalue weighted by molar-refractivity contribution is 5.99. The van der Waals surface area contributed by atoms with Gasteiger partial charge in [-0.25, -0.2) is 14.6 Å². The maximum absolute atomic E-state index is 11.5. The Morgan fingerprint density at radius 3 is 2.35 bits per heavy atom. The zero-order chi connectivity index (χ0) is 19.1. The maximum Gasteiger partial charge on any atom is 0.332 e. The van der Waals surface area contributed by atoms with Gasteiger partial charge in [-0.1, -0.05) is 26.0 Å². The number of imidazole rings is 1. The van der Waals surface area contributed by atoms with Crippen molar-refractivity contribution in [2.45, 2.75) is 26.8 Å². The number of nitrogens with zero attached hydrogens (tertiary/aromatic N) is 2. The fourth-order valence-electron chi connectivity index (χ4n) is 2.61. The summed E-state index contributed by atoms with van der Waals surface area (Å²) in [6, 6.07) is 6.99. The van der Waals surface area contributed by atoms with Crippen LogP contribution in [0.15, 0.2) is 54.1 Å². The summed E-state index contributed by atoms with van der Waals surface area (Å²) in [5, 5.41) is 18.7. The predicted molar refractivity (Wildman–Crippen MR) is 95.0 cm³/mol. The number of carboxylic acids is 2. The van der Waals surface area contributed by atoms with E-state index in [1.54, 1.807) is 50.6 Å². The van der Waals surface area contributed by atoms with Crippen molar-refractivity contribution >= 4 is 11.9 Å². The molecule has 0 fully saturated rings. The highest BCUT2D eigenvalue weighted by atomic mass is 16.5. The summed E-state index contributed by atoms with van der Waals surface area (Å²) in [4.78, 5) is 26.9. The standard InChI is InChI=1S/C19H22N2O5/c1-13(2)17(19(24)25)16(18(22)23)11-14-3-5-15(6-4-14)26-10-9-21-8-7-20-12-21/h3-8,12-13H,9-11H2,1-2H3,(H,22,23)(H,24,25)/b17-16-. The molecule has 7 heteroatoms. The summed E-state index contributed by atoms with van der Waals surface area (Å²) in [5.41, 5.74) is 0.545. The average Bonchev–Trinajstić information content (AvgIpc) is 3.08. The summed E-state index contributed by atoms with van der Waals surface area (Å²) in [6.45, 7) is 4.49. The van der Waals surface area contributed by atoms with E-state index >= 15 is 0 Å². The van der Waals surface area contributed by atoms with Crippen LogP contribution in [0, 0.1) is 5.92 Å². The van der Waals surface area contributed by atoms with E-state index in [2.05, 4.69) is 4.98 Å². The molecule has 26 heavy (non-hydrogen) atoms. The van der Waals surface area contributed by atoms with E-state index in [9.17, 15) is 19.8 Å². The van der Waals surface area contributed by atoms with Gasteiger partial charge in [-0.05, 0) is 23.6 Å². The van der Waals surface area contributed by atoms with Crippen LogP contribution in [0.5, 0.6) is 5.75 Å². The SMILES string of the molecule is CC(C)/C(C(=O)O)=C(\Cc1ccc(OCCn2ccnc2)cc1)C(=O)O. The number of hydrogen-bond donors (Lipinski definition) is 2. The number of benzene rings is 1. The zero-order valence-electron chi connectivity index (χ0n) is 14.8. The second-order valence-corrected chi connectivity index (χ2v) is 6.13. The molecule has 0 saturated carbocycles. The summed E-state index contributed by atoms with van der Waals surface area (Å²) < 4.78 is 7.54. The molecule has 0 amide bonds. The molecule has 138 valence electrons. The highest BCUT2D eigenvalue weighted by Gasteiger charge is 2.23. The molecule has 1 heterocycles. The third-order valence-corrected chi connectivity index (χ3v) is 3.87. The van der Waals surface area contributed by atoms with E-state index in [4.69, 9.17) is 4.74 Å². The predicted octanol–water partition coefficient (Wildman–Crippen LogP) is 2.63. The van der Waals surface area contributed by atoms with Gasteiger partial charge < -0.3 is 19.5 Å². The Morgan fingerprint density at radius 1 is 1.15 bits per heavy atom. The van der Waals surface area contributed by atoms with Crippen LogP contribution in [0.2, 0.25) is 0 Å². The summed E-state index contributed by atoms with van der Waals surface area (Å²) in [7, 11) is 0. The van der Waals surface area contributed by atoms with Gasteiger partial charge in [0.05, 0.1) is 24.0 Å². The highest BCUT2D eigenvalue weighted by Crippen LogP contribution is 2.21. The van der Waals surface area contributed by atoms with Crippen LogP contribution in [0.4, 0.5) is 0 Å². The van der Waals surface area contributed by atoms with Crippen molar-refractivity contribution in [3.8, 4) is 5.75 Å². The number of hydrogen-bond acceptors (Lipinski definition) is 4. The summed E-state index contributed by atoms with van der Waals surface area (Å²) in [6.07, 6.45) is 5.30. The molecule has 0 aliphatic carbocycles. The number of carboxylic acid groups (broad SMARTS) is 2. The first-order valence-electron chi connectivity index (χ1n) is 8.25. The van der Waals surface area contributed by atoms with E-state index in [0.717, 1.165) is 0 Å². The first kappa shape index (κ1) is 19.2. The third-order valence-electron chi connectivity index (χ3n) is 3.87. The molecule has 0 atom stereocenters. The lowest BCUT2D eigenvalue weighted by Gasteiger charge is -2.12. The second kappa shape index (κ2) is 8.84. The van der Waals surface area contributed by atoms with Gasteiger partial charge >= 0.3 is 11.9 Å². The Bertz CT molecular complexity index is 777. The Morgan fingerprint density at radius 2 is 1.85 bits per heavy atom. The topological polar surface area (TPSA) is 102 Å². The normalized spacial score (nSPS) is 12.0. The van der Waals surface area contributed by atoms with Gasteiger partial charge in [0.2, 0.25) is 0 Å². The molecular weight excluding hydrogens is 336 g/mol. The lowest BCUT2D eigenvalue weighted by atomic mass is 9.93. The average molecular weight is 358 g/mol. The van der Waals surface area contributed by atoms with Gasteiger partial charge in [0.1, 0.15) is 12.4 Å². The van der Waals surface area contributed by atoms with Crippen molar-refractivity contribution in [2.75, 3.05) is 6.61 Å². The molecule has 2 aromatic rings. The zero-order valence-corrected chi connectivity index (χ0v) is 14.8. The molecule has 0 spiro atoms. The molecule has 2 N–H and O–H groups in total. The molecule has 0 unspecified atom stereocenters. The number of ether oxygens (including phenoxy) is 1. The Balaban J connectivity index is 2.05. The van der Waals surface area contributed by atoms with Crippen LogP contribution >= 0.6 is 0 Å². The Labute approximate surface area is 151 Å². The molecule has 0 saturated heterocycles. The molecule has 1 aromatic heterocycles. The first-order valence-corrected chi connectivity index (χ1v) is 8.25. The van der Waals surface area contributed by atoms with Crippen LogP contribution in [0.1, 0.15) is 19.4 Å². The van der Waals surface area contributed by atoms with Crippen LogP contribution < -0.4 is 4.74 Å². The number of aromatic nitrogens is 2. The quantitative estimate of drug-likeness (QED) is 0.668. The van der Waals surface area contributed by atoms with Crippen molar-refractivity contribution in [3.63, 3.8) is 0 Å². The molecular formula is C19H22N2O5. The largest absolute Gasteiger partial charge is 0.492 e. The summed E-state index contributed by atoms with van der Waals surface area (Å²) >= 11 is 0. The van der Waals surface area contributed by atoms with Gasteiger partial charge in [0.25, 0.3) is 0 Å². The van der Waals surface area contributed by atoms with Crippen molar-refractivity contribution in [1.29, 1.82) is 0 Å². The van der Waals surface area contributed by atoms with Crippen LogP contribution in [-0.2, 0) is 22.6 Å². The van der Waals surface area contributed by atoms with Crippen molar-refractivity contribution in [2.24, 2.45) is 5.92 Å². The van der Waals surface area contributed by atoms with Crippen LogP contribution in [0.25, 0.3) is 0 Å². The lowest BCUT2D eigenvalue weighted by Crippen LogP contribution is -2.17. The molecule has 0 radical (unpaired) electrons. The van der Waals surface area contributed by atoms with Gasteiger partial charge in [-0.3, -0.25) is 0 Å². The monoisotopic (exact) mass is 358 g/mol. The smallest absolute Gasteiger partial charge is 0.332 e. The Kier molecular flexibility index (Phi) is 6.54. The number of rotatable bonds is 9. The minimum atomic E-state index is -1.21. The van der Waals surface area contributed by atoms with Crippen LogP contribution in [0.3, 0.4) is 0 Å². The Hall–Kier alpha value is -3.09. The van der Waals surface area contributed by atoms with Gasteiger partial charge in [0.15, 0.2) is 0 Å². The van der Waals surface area contributed by atoms with Crippen molar-refractivity contribution in [3.05, 3.63) is 59.7 Å². The van der Waals surface area contributed by atoms with Gasteiger partial charge in [-0.2, -0.15) is 0 Å². The van der Waals surface area contributed by atoms with E-state index in [0.29, 0.717) is 24.5 Å². The van der Waals surface area contributed by atoms with Gasteiger partial charge in [-0.15, -0.1) is 0 Å². The third kappa shape index (κ3) is 5.20. The minimum absolute atomic E-state index is 0.0461. The molecule has 0 aliphatic rings. The first-order chi connectivity index (χ1) is 12.4. The number of carbonyl (C=O) groups is 2. The number of aliphatic carboxylic acids is 2. The molecule has 7 nitrogen and oxygen atoms in total. The lowest BCUT2D eigenvalue weighted by molar-refractivity contribution is -0.136. The molecule has 0 bridgehead atoms. The van der Waals surface area contributed by atoms with E-state index in [-0.39, 0.29) is 23.5 Å². The fourth-order valence-corrected chi connectivity index (χ4v) is 2.61. The maximum atomic E-state index is 11.5. The molecule has 1 aromatic carbocycles. The van der Waals surface area contributed by atoms with E-state index in [1.165, 1.54) is 0 Å². The van der Waals surface area contributed by atoms with Crippen molar-refractivity contribution in [1.82, 2.24) is 9.55 Å². The van der Waals surface area contributed by atoms with E-state index in [1.807, 2.05) is 10.8 Å².